The maximum absolute atomic E-state index is 13.3. The number of nitrogens with one attached hydrogen (secondary N) is 1. The van der Waals surface area contributed by atoms with Crippen LogP contribution < -0.4 is 20.3 Å². The number of nitrogens with zero attached hydrogens (tertiary/aromatic N) is 1. The molecule has 4 rings (SSSR count). The van der Waals surface area contributed by atoms with Gasteiger partial charge in [0.1, 0.15) is 17.2 Å². The number of anilines is 1. The van der Waals surface area contributed by atoms with Gasteiger partial charge in [-0.25, -0.2) is 4.79 Å². The van der Waals surface area contributed by atoms with Gasteiger partial charge in [-0.1, -0.05) is 59.6 Å². The van der Waals surface area contributed by atoms with Crippen molar-refractivity contribution in [3.8, 4) is 22.6 Å². The van der Waals surface area contributed by atoms with Gasteiger partial charge in [0, 0.05) is 24.1 Å². The summed E-state index contributed by atoms with van der Waals surface area (Å²) < 4.78 is 17.1. The highest BCUT2D eigenvalue weighted by molar-refractivity contribution is 6.32. The molecule has 4 aromatic rings. The molecule has 0 aliphatic heterocycles. The molecule has 1 amide bonds. The van der Waals surface area contributed by atoms with Crippen molar-refractivity contribution in [2.75, 3.05) is 26.1 Å². The molecule has 0 fully saturated rings. The second-order valence-corrected chi connectivity index (χ2v) is 8.72. The van der Waals surface area contributed by atoms with Gasteiger partial charge in [0.2, 0.25) is 0 Å². The van der Waals surface area contributed by atoms with E-state index < -0.39 is 18.5 Å². The van der Waals surface area contributed by atoms with E-state index in [1.807, 2.05) is 31.2 Å². The SMILES string of the molecule is COc1cc(OC)c(NC(=O)COC(=O)c2c(-c3ccc(C)cc3)c3ccccc3c(=O)n2C)cc1Cl. The van der Waals surface area contributed by atoms with Crippen LogP contribution in [0, 0.1) is 6.92 Å². The van der Waals surface area contributed by atoms with E-state index in [0.29, 0.717) is 27.8 Å². The molecule has 37 heavy (non-hydrogen) atoms. The Hall–Kier alpha value is -4.30. The molecule has 0 spiro atoms. The van der Waals surface area contributed by atoms with Gasteiger partial charge in [0.05, 0.1) is 24.9 Å². The van der Waals surface area contributed by atoms with Crippen LogP contribution in [0.1, 0.15) is 16.1 Å². The molecule has 0 aliphatic carbocycles. The fourth-order valence-corrected chi connectivity index (χ4v) is 4.30. The predicted molar refractivity (Wildman–Crippen MR) is 143 cm³/mol. The highest BCUT2D eigenvalue weighted by Crippen LogP contribution is 2.36. The van der Waals surface area contributed by atoms with E-state index in [1.54, 1.807) is 24.3 Å². The molecule has 0 saturated carbocycles. The molecular formula is C28H25ClN2O6. The Kier molecular flexibility index (Phi) is 7.50. The van der Waals surface area contributed by atoms with Crippen LogP contribution in [0.4, 0.5) is 5.69 Å². The average Bonchev–Trinajstić information content (AvgIpc) is 2.90. The molecule has 1 aromatic heterocycles. The first-order chi connectivity index (χ1) is 17.7. The number of carbonyl (C=O) groups is 2. The maximum atomic E-state index is 13.3. The third kappa shape index (κ3) is 5.15. The van der Waals surface area contributed by atoms with Gasteiger partial charge in [-0.2, -0.15) is 0 Å². The Morgan fingerprint density at radius 1 is 0.946 bits per heavy atom. The van der Waals surface area contributed by atoms with Gasteiger partial charge >= 0.3 is 5.97 Å². The molecule has 0 unspecified atom stereocenters. The number of aryl methyl sites for hydroxylation is 1. The lowest BCUT2D eigenvalue weighted by Crippen LogP contribution is -2.28. The Labute approximate surface area is 218 Å². The van der Waals surface area contributed by atoms with Crippen molar-refractivity contribution in [2.45, 2.75) is 6.92 Å². The number of methoxy groups -OCH3 is 2. The molecule has 0 atom stereocenters. The smallest absolute Gasteiger partial charge is 0.356 e. The fourth-order valence-electron chi connectivity index (χ4n) is 4.06. The molecule has 0 radical (unpaired) electrons. The summed E-state index contributed by atoms with van der Waals surface area (Å²) in [6, 6.07) is 17.7. The minimum atomic E-state index is -0.809. The number of amides is 1. The minimum Gasteiger partial charge on any atom is -0.495 e. The lowest BCUT2D eigenvalue weighted by atomic mass is 9.96. The standard InChI is InChI=1S/C28H25ClN2O6/c1-16-9-11-17(12-10-16)25-18-7-5-6-8-19(18)27(33)31(2)26(25)28(34)37-15-24(32)30-21-13-20(29)22(35-3)14-23(21)36-4/h5-14H,15H2,1-4H3,(H,30,32). The molecule has 0 saturated heterocycles. The third-order valence-electron chi connectivity index (χ3n) is 5.92. The molecule has 1 N–H and O–H groups in total. The number of pyridine rings is 1. The van der Waals surface area contributed by atoms with Crippen LogP contribution in [-0.2, 0) is 16.6 Å². The number of carbonyl (C=O) groups excluding carboxylic acids is 2. The molecular weight excluding hydrogens is 496 g/mol. The second-order valence-electron chi connectivity index (χ2n) is 8.31. The Bertz CT molecular complexity index is 1560. The summed E-state index contributed by atoms with van der Waals surface area (Å²) >= 11 is 6.17. The van der Waals surface area contributed by atoms with Gasteiger partial charge in [-0.3, -0.25) is 9.59 Å². The number of ether oxygens (including phenoxy) is 3. The maximum Gasteiger partial charge on any atom is 0.356 e. The summed E-state index contributed by atoms with van der Waals surface area (Å²) in [5, 5.41) is 3.97. The lowest BCUT2D eigenvalue weighted by molar-refractivity contribution is -0.119. The normalized spacial score (nSPS) is 10.7. The van der Waals surface area contributed by atoms with Crippen molar-refractivity contribution in [3.63, 3.8) is 0 Å². The van der Waals surface area contributed by atoms with Crippen LogP contribution in [-0.4, -0.2) is 37.3 Å². The highest BCUT2D eigenvalue weighted by atomic mass is 35.5. The van der Waals surface area contributed by atoms with Crippen LogP contribution in [0.5, 0.6) is 11.5 Å². The first-order valence-electron chi connectivity index (χ1n) is 11.3. The summed E-state index contributed by atoms with van der Waals surface area (Å²) in [5.74, 6) is -0.727. The number of hydrogen-bond donors (Lipinski definition) is 1. The zero-order valence-electron chi connectivity index (χ0n) is 20.8. The van der Waals surface area contributed by atoms with Crippen LogP contribution in [0.15, 0.2) is 65.5 Å². The summed E-state index contributed by atoms with van der Waals surface area (Å²) in [7, 11) is 4.40. The number of hydrogen-bond acceptors (Lipinski definition) is 6. The number of halogens is 1. The van der Waals surface area contributed by atoms with E-state index in [2.05, 4.69) is 5.32 Å². The van der Waals surface area contributed by atoms with Crippen LogP contribution in [0.3, 0.4) is 0 Å². The van der Waals surface area contributed by atoms with Crippen molar-refractivity contribution >= 4 is 39.9 Å². The van der Waals surface area contributed by atoms with Crippen molar-refractivity contribution in [2.24, 2.45) is 7.05 Å². The van der Waals surface area contributed by atoms with Crippen molar-refractivity contribution in [1.82, 2.24) is 4.57 Å². The van der Waals surface area contributed by atoms with E-state index in [0.717, 1.165) is 11.1 Å². The van der Waals surface area contributed by atoms with Crippen LogP contribution in [0.2, 0.25) is 5.02 Å². The molecule has 0 bridgehead atoms. The fraction of sp³-hybridized carbons (Fsp3) is 0.179. The van der Waals surface area contributed by atoms with Gasteiger partial charge in [-0.15, -0.1) is 0 Å². The highest BCUT2D eigenvalue weighted by Gasteiger charge is 2.24. The number of benzene rings is 3. The van der Waals surface area contributed by atoms with Gasteiger partial charge in [-0.05, 0) is 30.0 Å². The Morgan fingerprint density at radius 3 is 2.24 bits per heavy atom. The Morgan fingerprint density at radius 2 is 1.59 bits per heavy atom. The predicted octanol–water partition coefficient (Wildman–Crippen LogP) is 4.98. The second kappa shape index (κ2) is 10.8. The molecule has 3 aromatic carbocycles. The minimum absolute atomic E-state index is 0.0467. The first-order valence-corrected chi connectivity index (χ1v) is 11.7. The average molecular weight is 521 g/mol. The zero-order chi connectivity index (χ0) is 26.7. The summed E-state index contributed by atoms with van der Waals surface area (Å²) in [4.78, 5) is 39.0. The number of fused-ring (bicyclic) bond motifs is 1. The zero-order valence-corrected chi connectivity index (χ0v) is 21.5. The first kappa shape index (κ1) is 25.8. The summed E-state index contributed by atoms with van der Waals surface area (Å²) in [5.41, 5.74) is 2.32. The van der Waals surface area contributed by atoms with Crippen LogP contribution in [0.25, 0.3) is 21.9 Å². The number of aromatic nitrogens is 1. The molecule has 9 heteroatoms. The van der Waals surface area contributed by atoms with E-state index in [9.17, 15) is 14.4 Å². The molecule has 190 valence electrons. The van der Waals surface area contributed by atoms with E-state index in [-0.39, 0.29) is 22.0 Å². The summed E-state index contributed by atoms with van der Waals surface area (Å²) in [6.45, 7) is 1.36. The largest absolute Gasteiger partial charge is 0.495 e. The monoisotopic (exact) mass is 520 g/mol. The Balaban J connectivity index is 1.66. The van der Waals surface area contributed by atoms with E-state index in [4.69, 9.17) is 25.8 Å². The lowest BCUT2D eigenvalue weighted by Gasteiger charge is -2.17. The van der Waals surface area contributed by atoms with Gasteiger partial charge in [0.15, 0.2) is 6.61 Å². The van der Waals surface area contributed by atoms with Crippen molar-refractivity contribution in [3.05, 3.63) is 87.3 Å². The van der Waals surface area contributed by atoms with Gasteiger partial charge < -0.3 is 24.1 Å². The van der Waals surface area contributed by atoms with Gasteiger partial charge in [0.25, 0.3) is 11.5 Å². The quantitative estimate of drug-likeness (QED) is 0.345. The summed E-state index contributed by atoms with van der Waals surface area (Å²) in [6.07, 6.45) is 0. The third-order valence-corrected chi connectivity index (χ3v) is 6.21. The molecule has 8 nitrogen and oxygen atoms in total. The number of esters is 1. The van der Waals surface area contributed by atoms with Crippen molar-refractivity contribution in [1.29, 1.82) is 0 Å². The van der Waals surface area contributed by atoms with E-state index >= 15 is 0 Å². The topological polar surface area (TPSA) is 95.9 Å². The molecule has 1 heterocycles. The molecule has 0 aliphatic rings. The van der Waals surface area contributed by atoms with Crippen LogP contribution >= 0.6 is 11.6 Å². The number of rotatable bonds is 7. The van der Waals surface area contributed by atoms with Crippen molar-refractivity contribution < 1.29 is 23.8 Å². The van der Waals surface area contributed by atoms with E-state index in [1.165, 1.54) is 38.0 Å².